The molecule has 1 rings (SSSR count). The molecule has 7 heteroatoms. The van der Waals surface area contributed by atoms with E-state index in [-0.39, 0.29) is 24.0 Å². The highest BCUT2D eigenvalue weighted by molar-refractivity contribution is 6.28. The van der Waals surface area contributed by atoms with Crippen LogP contribution < -0.4 is 10.1 Å². The zero-order chi connectivity index (χ0) is 12.7. The van der Waals surface area contributed by atoms with E-state index < -0.39 is 0 Å². The van der Waals surface area contributed by atoms with Crippen LogP contribution in [0.3, 0.4) is 0 Å². The van der Waals surface area contributed by atoms with Crippen LogP contribution in [0, 0.1) is 0 Å². The molecule has 0 saturated carbocycles. The molecule has 1 heterocycles. The molecule has 1 aromatic rings. The Kier molecular flexibility index (Phi) is 5.93. The summed E-state index contributed by atoms with van der Waals surface area (Å²) in [5.41, 5.74) is 0. The predicted octanol–water partition coefficient (Wildman–Crippen LogP) is 1.50. The summed E-state index contributed by atoms with van der Waals surface area (Å²) < 4.78 is 5.34. The number of hydrogen-bond acceptors (Lipinski definition) is 6. The first-order valence-corrected chi connectivity index (χ1v) is 5.92. The fraction of sp³-hybridized carbons (Fsp3) is 0.700. The molecule has 0 fully saturated rings. The Hall–Kier alpha value is -1.14. The van der Waals surface area contributed by atoms with Gasteiger partial charge in [-0.05, 0) is 38.3 Å². The van der Waals surface area contributed by atoms with Gasteiger partial charge in [0.1, 0.15) is 0 Å². The van der Waals surface area contributed by atoms with Gasteiger partial charge in [-0.15, -0.1) is 0 Å². The van der Waals surface area contributed by atoms with E-state index in [1.54, 1.807) is 0 Å². The monoisotopic (exact) mass is 260 g/mol. The largest absolute Gasteiger partial charge is 0.461 e. The first-order chi connectivity index (χ1) is 8.11. The van der Waals surface area contributed by atoms with Gasteiger partial charge >= 0.3 is 6.01 Å². The summed E-state index contributed by atoms with van der Waals surface area (Å²) in [5.74, 6) is 0.388. The number of ether oxygens (including phenoxy) is 1. The van der Waals surface area contributed by atoms with Crippen molar-refractivity contribution in [2.75, 3.05) is 18.5 Å². The van der Waals surface area contributed by atoms with Crippen LogP contribution in [0.4, 0.5) is 5.95 Å². The van der Waals surface area contributed by atoms with Crippen LogP contribution in [0.15, 0.2) is 0 Å². The molecule has 0 spiro atoms. The van der Waals surface area contributed by atoms with E-state index in [2.05, 4.69) is 20.3 Å². The highest BCUT2D eigenvalue weighted by atomic mass is 35.5. The number of unbranched alkanes of at least 4 members (excludes halogenated alkanes) is 1. The van der Waals surface area contributed by atoms with Crippen LogP contribution in [0.2, 0.25) is 5.28 Å². The first kappa shape index (κ1) is 13.9. The molecule has 0 radical (unpaired) electrons. The summed E-state index contributed by atoms with van der Waals surface area (Å²) in [4.78, 5) is 11.9. The van der Waals surface area contributed by atoms with E-state index in [9.17, 15) is 0 Å². The minimum absolute atomic E-state index is 0.0179. The smallest absolute Gasteiger partial charge is 0.322 e. The van der Waals surface area contributed by atoms with E-state index in [4.69, 9.17) is 21.4 Å². The Morgan fingerprint density at radius 2 is 2.06 bits per heavy atom. The van der Waals surface area contributed by atoms with E-state index in [0.29, 0.717) is 12.5 Å². The lowest BCUT2D eigenvalue weighted by molar-refractivity contribution is 0.222. The van der Waals surface area contributed by atoms with Gasteiger partial charge in [0.05, 0.1) is 6.10 Å². The number of aromatic nitrogens is 3. The lowest BCUT2D eigenvalue weighted by Crippen LogP contribution is -2.12. The minimum Gasteiger partial charge on any atom is -0.461 e. The molecule has 0 aliphatic rings. The fourth-order valence-electron chi connectivity index (χ4n) is 1.11. The second kappa shape index (κ2) is 7.24. The van der Waals surface area contributed by atoms with Gasteiger partial charge in [0.2, 0.25) is 11.2 Å². The van der Waals surface area contributed by atoms with Crippen molar-refractivity contribution in [1.82, 2.24) is 15.0 Å². The second-order valence-electron chi connectivity index (χ2n) is 3.73. The summed E-state index contributed by atoms with van der Waals surface area (Å²) in [6.07, 6.45) is 1.55. The predicted molar refractivity (Wildman–Crippen MR) is 65.4 cm³/mol. The van der Waals surface area contributed by atoms with Crippen LogP contribution in [0.25, 0.3) is 0 Å². The Bertz CT molecular complexity index is 349. The molecular formula is C10H17ClN4O2. The summed E-state index contributed by atoms with van der Waals surface area (Å²) in [6, 6.07) is 0.213. The number of rotatable bonds is 7. The molecule has 17 heavy (non-hydrogen) atoms. The van der Waals surface area contributed by atoms with Crippen LogP contribution in [0.5, 0.6) is 6.01 Å². The van der Waals surface area contributed by atoms with E-state index in [0.717, 1.165) is 12.8 Å². The summed E-state index contributed by atoms with van der Waals surface area (Å²) in [6.45, 7) is 4.61. The fourth-order valence-corrected chi connectivity index (χ4v) is 1.26. The van der Waals surface area contributed by atoms with E-state index >= 15 is 0 Å². The topological polar surface area (TPSA) is 80.2 Å². The summed E-state index contributed by atoms with van der Waals surface area (Å²) in [5, 5.41) is 11.7. The van der Waals surface area contributed by atoms with E-state index in [1.807, 2.05) is 13.8 Å². The van der Waals surface area contributed by atoms with Crippen molar-refractivity contribution in [3.05, 3.63) is 5.28 Å². The van der Waals surface area contributed by atoms with Crippen molar-refractivity contribution in [3.8, 4) is 6.01 Å². The second-order valence-corrected chi connectivity index (χ2v) is 4.07. The Labute approximate surface area is 105 Å². The number of aliphatic hydroxyl groups is 1. The van der Waals surface area contributed by atoms with Gasteiger partial charge in [-0.3, -0.25) is 0 Å². The van der Waals surface area contributed by atoms with Crippen LogP contribution in [-0.2, 0) is 0 Å². The average Bonchev–Trinajstić information content (AvgIpc) is 2.22. The third-order valence-corrected chi connectivity index (χ3v) is 1.97. The average molecular weight is 261 g/mol. The quantitative estimate of drug-likeness (QED) is 0.723. The van der Waals surface area contributed by atoms with Gasteiger partial charge in [-0.2, -0.15) is 15.0 Å². The summed E-state index contributed by atoms with van der Waals surface area (Å²) >= 11 is 5.75. The molecule has 0 aromatic carbocycles. The zero-order valence-electron chi connectivity index (χ0n) is 9.98. The van der Waals surface area contributed by atoms with Crippen molar-refractivity contribution in [2.45, 2.75) is 32.8 Å². The first-order valence-electron chi connectivity index (χ1n) is 5.54. The maximum atomic E-state index is 8.64. The molecule has 0 aliphatic carbocycles. The number of nitrogens with zero attached hydrogens (tertiary/aromatic N) is 3. The zero-order valence-corrected chi connectivity index (χ0v) is 10.7. The van der Waals surface area contributed by atoms with Gasteiger partial charge in [0.25, 0.3) is 0 Å². The molecule has 0 bridgehead atoms. The number of anilines is 1. The molecule has 1 aromatic heterocycles. The van der Waals surface area contributed by atoms with Crippen molar-refractivity contribution in [3.63, 3.8) is 0 Å². The maximum absolute atomic E-state index is 8.64. The Morgan fingerprint density at radius 3 is 2.71 bits per heavy atom. The van der Waals surface area contributed by atoms with Crippen LogP contribution in [0.1, 0.15) is 26.7 Å². The number of nitrogens with one attached hydrogen (secondary N) is 1. The third kappa shape index (κ3) is 5.65. The molecular weight excluding hydrogens is 244 g/mol. The molecule has 0 amide bonds. The molecule has 0 atom stereocenters. The lowest BCUT2D eigenvalue weighted by Gasteiger charge is -2.09. The van der Waals surface area contributed by atoms with Gasteiger partial charge in [0, 0.05) is 13.2 Å². The van der Waals surface area contributed by atoms with Crippen molar-refractivity contribution in [1.29, 1.82) is 0 Å². The lowest BCUT2D eigenvalue weighted by atomic mass is 10.3. The minimum atomic E-state index is -0.0179. The highest BCUT2D eigenvalue weighted by Crippen LogP contribution is 2.12. The number of aliphatic hydroxyl groups excluding tert-OH is 1. The number of hydrogen-bond donors (Lipinski definition) is 2. The molecule has 0 saturated heterocycles. The Morgan fingerprint density at radius 1 is 1.29 bits per heavy atom. The van der Waals surface area contributed by atoms with Crippen molar-refractivity contribution in [2.24, 2.45) is 0 Å². The Balaban J connectivity index is 2.56. The van der Waals surface area contributed by atoms with Gasteiger partial charge < -0.3 is 15.2 Å². The summed E-state index contributed by atoms with van der Waals surface area (Å²) in [7, 11) is 0. The van der Waals surface area contributed by atoms with Crippen LogP contribution in [-0.4, -0.2) is 39.3 Å². The standard InChI is InChI=1S/C10H17ClN4O2/c1-7(2)17-10-14-8(11)13-9(15-10)12-5-3-4-6-16/h7,16H,3-6H2,1-2H3,(H,12,13,14,15). The third-order valence-electron chi connectivity index (χ3n) is 1.80. The van der Waals surface area contributed by atoms with Crippen molar-refractivity contribution >= 4 is 17.5 Å². The normalized spacial score (nSPS) is 10.6. The number of halogens is 1. The van der Waals surface area contributed by atoms with Gasteiger partial charge in [-0.1, -0.05) is 0 Å². The molecule has 0 aliphatic heterocycles. The molecule has 2 N–H and O–H groups in total. The maximum Gasteiger partial charge on any atom is 0.322 e. The molecule has 96 valence electrons. The SMILES string of the molecule is CC(C)Oc1nc(Cl)nc(NCCCCO)n1. The molecule has 0 unspecified atom stereocenters. The van der Waals surface area contributed by atoms with E-state index in [1.165, 1.54) is 0 Å². The van der Waals surface area contributed by atoms with Gasteiger partial charge in [0.15, 0.2) is 0 Å². The van der Waals surface area contributed by atoms with Gasteiger partial charge in [-0.25, -0.2) is 0 Å². The van der Waals surface area contributed by atoms with Crippen molar-refractivity contribution < 1.29 is 9.84 Å². The highest BCUT2D eigenvalue weighted by Gasteiger charge is 2.07. The molecule has 6 nitrogen and oxygen atoms in total. The van der Waals surface area contributed by atoms with Crippen LogP contribution >= 0.6 is 11.6 Å².